The van der Waals surface area contributed by atoms with Crippen LogP contribution >= 0.6 is 23.4 Å². The number of rotatable bonds is 7. The van der Waals surface area contributed by atoms with E-state index < -0.39 is 35.5 Å². The van der Waals surface area contributed by atoms with Crippen molar-refractivity contribution in [2.75, 3.05) is 11.1 Å². The standard InChI is InChI=1S/C21H20ClN3O5S/c1-12(17(26)23-14-9-7-13(22)8-10-14)30-18(27)15-5-3-4-6-16(15)31-11-21(2)19(28)24-20(29)25-21/h3-10,12H,11H2,1-2H3,(H,23,26)(H2,24,25,28,29)/t12-,21+/m1/s1. The molecule has 2 aromatic rings. The quantitative estimate of drug-likeness (QED) is 0.331. The van der Waals surface area contributed by atoms with Gasteiger partial charge in [-0.3, -0.25) is 14.9 Å². The number of urea groups is 1. The van der Waals surface area contributed by atoms with Gasteiger partial charge >= 0.3 is 12.0 Å². The van der Waals surface area contributed by atoms with Crippen molar-refractivity contribution in [2.45, 2.75) is 30.4 Å². The SMILES string of the molecule is C[C@@H](OC(=O)c1ccccc1SC[C@]1(C)NC(=O)NC1=O)C(=O)Nc1ccc(Cl)cc1. The van der Waals surface area contributed by atoms with Crippen LogP contribution in [0.2, 0.25) is 5.02 Å². The average Bonchev–Trinajstić information content (AvgIpc) is 2.99. The van der Waals surface area contributed by atoms with Crippen LogP contribution in [0.1, 0.15) is 24.2 Å². The van der Waals surface area contributed by atoms with Crippen molar-refractivity contribution >= 4 is 52.9 Å². The summed E-state index contributed by atoms with van der Waals surface area (Å²) >= 11 is 7.05. The van der Waals surface area contributed by atoms with Crippen LogP contribution in [0.4, 0.5) is 10.5 Å². The molecule has 3 N–H and O–H groups in total. The van der Waals surface area contributed by atoms with E-state index in [0.29, 0.717) is 15.6 Å². The van der Waals surface area contributed by atoms with Crippen molar-refractivity contribution in [2.24, 2.45) is 0 Å². The molecule has 1 saturated heterocycles. The van der Waals surface area contributed by atoms with Gasteiger partial charge in [0.25, 0.3) is 11.8 Å². The first-order valence-corrected chi connectivity index (χ1v) is 10.7. The first-order chi connectivity index (χ1) is 14.7. The van der Waals surface area contributed by atoms with E-state index in [1.165, 1.54) is 18.7 Å². The Bertz CT molecular complexity index is 1030. The summed E-state index contributed by atoms with van der Waals surface area (Å²) in [6.07, 6.45) is -1.04. The Balaban J connectivity index is 1.63. The Hall–Kier alpha value is -3.04. The van der Waals surface area contributed by atoms with Gasteiger partial charge in [-0.25, -0.2) is 9.59 Å². The molecule has 1 heterocycles. The predicted octanol–water partition coefficient (Wildman–Crippen LogP) is 3.21. The van der Waals surface area contributed by atoms with Gasteiger partial charge in [-0.2, -0.15) is 0 Å². The molecule has 10 heteroatoms. The monoisotopic (exact) mass is 461 g/mol. The fraction of sp³-hybridized carbons (Fsp3) is 0.238. The van der Waals surface area contributed by atoms with Gasteiger partial charge < -0.3 is 15.4 Å². The summed E-state index contributed by atoms with van der Waals surface area (Å²) in [4.78, 5) is 49.0. The van der Waals surface area contributed by atoms with Crippen LogP contribution in [-0.2, 0) is 14.3 Å². The Labute approximate surface area is 188 Å². The van der Waals surface area contributed by atoms with E-state index in [1.807, 2.05) is 0 Å². The van der Waals surface area contributed by atoms with E-state index >= 15 is 0 Å². The van der Waals surface area contributed by atoms with E-state index in [-0.39, 0.29) is 11.3 Å². The number of benzene rings is 2. The van der Waals surface area contributed by atoms with Gasteiger partial charge in [0.15, 0.2) is 6.10 Å². The van der Waals surface area contributed by atoms with E-state index in [9.17, 15) is 19.2 Å². The number of halogens is 1. The van der Waals surface area contributed by atoms with Gasteiger partial charge in [0.05, 0.1) is 5.56 Å². The fourth-order valence-electron chi connectivity index (χ4n) is 2.72. The van der Waals surface area contributed by atoms with Gasteiger partial charge in [0.2, 0.25) is 0 Å². The smallest absolute Gasteiger partial charge is 0.340 e. The molecule has 0 radical (unpaired) electrons. The molecule has 0 bridgehead atoms. The summed E-state index contributed by atoms with van der Waals surface area (Å²) < 4.78 is 5.33. The molecular weight excluding hydrogens is 442 g/mol. The minimum absolute atomic E-state index is 0.210. The van der Waals surface area contributed by atoms with Crippen LogP contribution in [0.15, 0.2) is 53.4 Å². The molecule has 1 aliphatic rings. The lowest BCUT2D eigenvalue weighted by atomic mass is 10.1. The lowest BCUT2D eigenvalue weighted by molar-refractivity contribution is -0.124. The number of carbonyl (C=O) groups is 4. The van der Waals surface area contributed by atoms with E-state index in [0.717, 1.165) is 0 Å². The average molecular weight is 462 g/mol. The van der Waals surface area contributed by atoms with Crippen molar-refractivity contribution in [3.8, 4) is 0 Å². The zero-order chi connectivity index (χ0) is 22.6. The molecule has 0 saturated carbocycles. The van der Waals surface area contributed by atoms with Crippen LogP contribution < -0.4 is 16.0 Å². The molecular formula is C21H20ClN3O5S. The number of thioether (sulfide) groups is 1. The maximum Gasteiger partial charge on any atom is 0.340 e. The van der Waals surface area contributed by atoms with Gasteiger partial charge in [0.1, 0.15) is 5.54 Å². The second kappa shape index (κ2) is 9.40. The lowest BCUT2D eigenvalue weighted by Crippen LogP contribution is -2.46. The third-order valence-corrected chi connectivity index (χ3v) is 6.15. The molecule has 4 amide bonds. The highest BCUT2D eigenvalue weighted by Crippen LogP contribution is 2.28. The molecule has 0 aliphatic carbocycles. The third-order valence-electron chi connectivity index (χ3n) is 4.51. The second-order valence-corrected chi connectivity index (χ2v) is 8.52. The number of ether oxygens (including phenoxy) is 1. The number of amides is 4. The number of hydrogen-bond donors (Lipinski definition) is 3. The number of carbonyl (C=O) groups excluding carboxylic acids is 4. The molecule has 162 valence electrons. The topological polar surface area (TPSA) is 114 Å². The number of hydrogen-bond acceptors (Lipinski definition) is 6. The predicted molar refractivity (Wildman–Crippen MR) is 117 cm³/mol. The zero-order valence-electron chi connectivity index (χ0n) is 16.7. The number of nitrogens with one attached hydrogen (secondary N) is 3. The van der Waals surface area contributed by atoms with Gasteiger partial charge in [-0.15, -0.1) is 11.8 Å². The molecule has 1 fully saturated rings. The summed E-state index contributed by atoms with van der Waals surface area (Å²) in [5, 5.41) is 7.96. The van der Waals surface area contributed by atoms with Crippen LogP contribution in [0.3, 0.4) is 0 Å². The summed E-state index contributed by atoms with van der Waals surface area (Å²) in [7, 11) is 0. The zero-order valence-corrected chi connectivity index (χ0v) is 18.3. The molecule has 3 rings (SSSR count). The molecule has 0 aromatic heterocycles. The summed E-state index contributed by atoms with van der Waals surface area (Å²) in [5.41, 5.74) is -0.310. The van der Waals surface area contributed by atoms with E-state index in [4.69, 9.17) is 16.3 Å². The Morgan fingerprint density at radius 2 is 1.84 bits per heavy atom. The first-order valence-electron chi connectivity index (χ1n) is 9.31. The summed E-state index contributed by atoms with van der Waals surface area (Å²) in [5.74, 6) is -1.38. The highest BCUT2D eigenvalue weighted by Gasteiger charge is 2.42. The normalized spacial score (nSPS) is 18.7. The van der Waals surface area contributed by atoms with E-state index in [1.54, 1.807) is 55.5 Å². The van der Waals surface area contributed by atoms with Gasteiger partial charge in [-0.05, 0) is 50.2 Å². The molecule has 0 unspecified atom stereocenters. The van der Waals surface area contributed by atoms with Crippen LogP contribution in [0.5, 0.6) is 0 Å². The van der Waals surface area contributed by atoms with Crippen molar-refractivity contribution in [3.63, 3.8) is 0 Å². The number of imide groups is 1. The largest absolute Gasteiger partial charge is 0.449 e. The highest BCUT2D eigenvalue weighted by molar-refractivity contribution is 7.99. The lowest BCUT2D eigenvalue weighted by Gasteiger charge is -2.20. The first kappa shape index (κ1) is 22.6. The maximum atomic E-state index is 12.7. The van der Waals surface area contributed by atoms with E-state index in [2.05, 4.69) is 16.0 Å². The summed E-state index contributed by atoms with van der Waals surface area (Å²) in [6, 6.07) is 12.7. The second-order valence-electron chi connectivity index (χ2n) is 7.07. The minimum atomic E-state index is -1.09. The molecule has 31 heavy (non-hydrogen) atoms. The Morgan fingerprint density at radius 3 is 2.48 bits per heavy atom. The van der Waals surface area contributed by atoms with Crippen LogP contribution in [0, 0.1) is 0 Å². The molecule has 1 aliphatic heterocycles. The van der Waals surface area contributed by atoms with Crippen molar-refractivity contribution < 1.29 is 23.9 Å². The number of anilines is 1. The number of esters is 1. The van der Waals surface area contributed by atoms with Crippen LogP contribution in [-0.4, -0.2) is 41.2 Å². The van der Waals surface area contributed by atoms with Crippen molar-refractivity contribution in [3.05, 3.63) is 59.1 Å². The van der Waals surface area contributed by atoms with Gasteiger partial charge in [-0.1, -0.05) is 23.7 Å². The fourth-order valence-corrected chi connectivity index (χ4v) is 3.97. The Morgan fingerprint density at radius 1 is 1.16 bits per heavy atom. The maximum absolute atomic E-state index is 12.7. The Kier molecular flexibility index (Phi) is 6.87. The van der Waals surface area contributed by atoms with Gasteiger partial charge in [0, 0.05) is 21.4 Å². The third kappa shape index (κ3) is 5.56. The summed E-state index contributed by atoms with van der Waals surface area (Å²) in [6.45, 7) is 3.07. The minimum Gasteiger partial charge on any atom is -0.449 e. The molecule has 2 aromatic carbocycles. The molecule has 0 spiro atoms. The van der Waals surface area contributed by atoms with Crippen molar-refractivity contribution in [1.82, 2.24) is 10.6 Å². The highest BCUT2D eigenvalue weighted by atomic mass is 35.5. The molecule has 8 nitrogen and oxygen atoms in total. The van der Waals surface area contributed by atoms with Crippen LogP contribution in [0.25, 0.3) is 0 Å². The molecule has 2 atom stereocenters. The van der Waals surface area contributed by atoms with Crippen molar-refractivity contribution in [1.29, 1.82) is 0 Å².